The number of hydrogen-bond acceptors (Lipinski definition) is 2. The Morgan fingerprint density at radius 1 is 1.24 bits per heavy atom. The molecule has 0 unspecified atom stereocenters. The minimum absolute atomic E-state index is 0.00538. The number of amides is 2. The molecule has 0 aliphatic heterocycles. The third kappa shape index (κ3) is 3.93. The van der Waals surface area contributed by atoms with Crippen LogP contribution in [0.25, 0.3) is 0 Å². The first-order valence-electron chi connectivity index (χ1n) is 6.25. The summed E-state index contributed by atoms with van der Waals surface area (Å²) in [6.07, 6.45) is 0. The molecule has 0 spiro atoms. The topological polar surface area (TPSA) is 78.4 Å². The molecule has 0 bridgehead atoms. The van der Waals surface area contributed by atoms with Crippen molar-refractivity contribution in [1.29, 1.82) is 0 Å². The predicted molar refractivity (Wildman–Crippen MR) is 81.8 cm³/mol. The molecule has 1 aromatic carbocycles. The Hall–Kier alpha value is -1.63. The van der Waals surface area contributed by atoms with Gasteiger partial charge in [-0.25, -0.2) is 9.18 Å². The summed E-state index contributed by atoms with van der Waals surface area (Å²) in [4.78, 5) is 23.2. The van der Waals surface area contributed by atoms with Crippen molar-refractivity contribution in [2.24, 2.45) is 5.41 Å². The fraction of sp³-hybridized carbons (Fsp3) is 0.429. The van der Waals surface area contributed by atoms with E-state index in [2.05, 4.69) is 26.6 Å². The number of rotatable bonds is 4. The first kappa shape index (κ1) is 17.4. The van der Waals surface area contributed by atoms with E-state index in [0.29, 0.717) is 4.47 Å². The molecule has 0 saturated carbocycles. The number of nitrogens with one attached hydrogen (secondary N) is 2. The molecule has 0 aliphatic rings. The Bertz CT molecular complexity index is 573. The lowest BCUT2D eigenvalue weighted by Crippen LogP contribution is -2.57. The highest BCUT2D eigenvalue weighted by atomic mass is 79.9. The molecule has 2 amide bonds. The fourth-order valence-corrected chi connectivity index (χ4v) is 1.82. The maximum atomic E-state index is 13.6. The van der Waals surface area contributed by atoms with E-state index in [1.165, 1.54) is 32.0 Å². The van der Waals surface area contributed by atoms with E-state index >= 15 is 0 Å². The Kier molecular flexibility index (Phi) is 4.99. The van der Waals surface area contributed by atoms with Crippen LogP contribution in [0.5, 0.6) is 0 Å². The molecular weight excluding hydrogens is 343 g/mol. The summed E-state index contributed by atoms with van der Waals surface area (Å²) in [5.41, 5.74) is -2.23. The lowest BCUT2D eigenvalue weighted by Gasteiger charge is -2.38. The van der Waals surface area contributed by atoms with Crippen LogP contribution in [0.3, 0.4) is 0 Å². The average molecular weight is 361 g/mol. The van der Waals surface area contributed by atoms with Crippen molar-refractivity contribution in [3.05, 3.63) is 28.5 Å². The van der Waals surface area contributed by atoms with Gasteiger partial charge in [0, 0.05) is 4.47 Å². The number of carboxylic acids is 1. The minimum atomic E-state index is -1.19. The number of carboxylic acid groups (broad SMARTS) is 1. The standard InChI is InChI=1S/C14H18BrFN2O3/c1-13(2,11(19)20)14(3,4)18-12(21)17-10-7-8(15)5-6-9(10)16/h5-7H,1-4H3,(H,19,20)(H2,17,18,21). The first-order chi connectivity index (χ1) is 9.47. The van der Waals surface area contributed by atoms with Crippen molar-refractivity contribution in [3.8, 4) is 0 Å². The van der Waals surface area contributed by atoms with Crippen LogP contribution in [0.15, 0.2) is 22.7 Å². The lowest BCUT2D eigenvalue weighted by molar-refractivity contribution is -0.150. The van der Waals surface area contributed by atoms with Crippen LogP contribution < -0.4 is 10.6 Å². The molecule has 0 aromatic heterocycles. The van der Waals surface area contributed by atoms with E-state index in [1.54, 1.807) is 13.8 Å². The van der Waals surface area contributed by atoms with E-state index in [0.717, 1.165) is 0 Å². The molecule has 0 fully saturated rings. The fourth-order valence-electron chi connectivity index (χ4n) is 1.45. The van der Waals surface area contributed by atoms with Gasteiger partial charge in [0.1, 0.15) is 5.82 Å². The maximum absolute atomic E-state index is 13.6. The third-order valence-corrected chi connectivity index (χ3v) is 4.19. The van der Waals surface area contributed by atoms with Crippen molar-refractivity contribution in [3.63, 3.8) is 0 Å². The molecule has 1 aromatic rings. The molecule has 7 heteroatoms. The molecule has 0 aliphatic carbocycles. The number of urea groups is 1. The smallest absolute Gasteiger partial charge is 0.319 e. The van der Waals surface area contributed by atoms with Gasteiger partial charge in [-0.15, -0.1) is 0 Å². The van der Waals surface area contributed by atoms with Crippen LogP contribution in [0.2, 0.25) is 0 Å². The van der Waals surface area contributed by atoms with Gasteiger partial charge in [0.25, 0.3) is 0 Å². The van der Waals surface area contributed by atoms with Crippen molar-refractivity contribution >= 4 is 33.6 Å². The summed E-state index contributed by atoms with van der Waals surface area (Å²) >= 11 is 3.18. The maximum Gasteiger partial charge on any atom is 0.319 e. The second-order valence-electron chi connectivity index (χ2n) is 5.76. The van der Waals surface area contributed by atoms with Crippen LogP contribution in [-0.2, 0) is 4.79 Å². The summed E-state index contributed by atoms with van der Waals surface area (Å²) in [5.74, 6) is -1.62. The highest BCUT2D eigenvalue weighted by Crippen LogP contribution is 2.31. The van der Waals surface area contributed by atoms with Gasteiger partial charge in [0.05, 0.1) is 16.6 Å². The third-order valence-electron chi connectivity index (χ3n) is 3.70. The summed E-state index contributed by atoms with van der Waals surface area (Å²) < 4.78 is 14.2. The van der Waals surface area contributed by atoms with E-state index in [4.69, 9.17) is 0 Å². The number of carbonyl (C=O) groups is 2. The highest BCUT2D eigenvalue weighted by Gasteiger charge is 2.44. The Balaban J connectivity index is 2.87. The molecule has 0 saturated heterocycles. The van der Waals surface area contributed by atoms with Crippen LogP contribution in [0.1, 0.15) is 27.7 Å². The van der Waals surface area contributed by atoms with E-state index in [-0.39, 0.29) is 5.69 Å². The van der Waals surface area contributed by atoms with Crippen LogP contribution in [-0.4, -0.2) is 22.6 Å². The number of carbonyl (C=O) groups excluding carboxylic acids is 1. The first-order valence-corrected chi connectivity index (χ1v) is 7.04. The Morgan fingerprint density at radius 3 is 2.33 bits per heavy atom. The number of anilines is 1. The van der Waals surface area contributed by atoms with Gasteiger partial charge in [-0.1, -0.05) is 15.9 Å². The van der Waals surface area contributed by atoms with Gasteiger partial charge in [0.2, 0.25) is 0 Å². The number of halogens is 2. The van der Waals surface area contributed by atoms with Crippen molar-refractivity contribution in [1.82, 2.24) is 5.32 Å². The van der Waals surface area contributed by atoms with Gasteiger partial charge in [-0.3, -0.25) is 4.79 Å². The summed E-state index contributed by atoms with van der Waals surface area (Å²) in [7, 11) is 0. The second-order valence-corrected chi connectivity index (χ2v) is 6.67. The van der Waals surface area contributed by atoms with Crippen LogP contribution >= 0.6 is 15.9 Å². The van der Waals surface area contributed by atoms with Crippen LogP contribution in [0, 0.1) is 11.2 Å². The molecule has 1 rings (SSSR count). The second kappa shape index (κ2) is 6.01. The minimum Gasteiger partial charge on any atom is -0.481 e. The molecule has 0 atom stereocenters. The summed E-state index contributed by atoms with van der Waals surface area (Å²) in [6.45, 7) is 6.21. The average Bonchev–Trinajstić information content (AvgIpc) is 2.32. The van der Waals surface area contributed by atoms with Gasteiger partial charge < -0.3 is 15.7 Å². The Labute approximate surface area is 131 Å². The van der Waals surface area contributed by atoms with Crippen molar-refractivity contribution in [2.45, 2.75) is 33.2 Å². The lowest BCUT2D eigenvalue weighted by atomic mass is 9.74. The van der Waals surface area contributed by atoms with Gasteiger partial charge in [0.15, 0.2) is 0 Å². The van der Waals surface area contributed by atoms with Crippen molar-refractivity contribution < 1.29 is 19.1 Å². The number of aliphatic carboxylic acids is 1. The molecule has 5 nitrogen and oxygen atoms in total. The van der Waals surface area contributed by atoms with E-state index in [9.17, 15) is 19.1 Å². The zero-order valence-corrected chi connectivity index (χ0v) is 13.8. The number of hydrogen-bond donors (Lipinski definition) is 3. The molecule has 0 radical (unpaired) electrons. The highest BCUT2D eigenvalue weighted by molar-refractivity contribution is 9.10. The molecule has 3 N–H and O–H groups in total. The van der Waals surface area contributed by atoms with Crippen molar-refractivity contribution in [2.75, 3.05) is 5.32 Å². The molecule has 21 heavy (non-hydrogen) atoms. The molecule has 116 valence electrons. The zero-order valence-electron chi connectivity index (χ0n) is 12.3. The van der Waals surface area contributed by atoms with E-state index < -0.39 is 28.8 Å². The largest absolute Gasteiger partial charge is 0.481 e. The summed E-state index contributed by atoms with van der Waals surface area (Å²) in [5, 5.41) is 14.2. The normalized spacial score (nSPS) is 11.9. The molecular formula is C14H18BrFN2O3. The van der Waals surface area contributed by atoms with E-state index in [1.807, 2.05) is 0 Å². The Morgan fingerprint density at radius 2 is 1.81 bits per heavy atom. The number of benzene rings is 1. The zero-order chi connectivity index (χ0) is 16.4. The SMILES string of the molecule is CC(C)(NC(=O)Nc1cc(Br)ccc1F)C(C)(C)C(=O)O. The molecule has 0 heterocycles. The quantitative estimate of drug-likeness (QED) is 0.767. The van der Waals surface area contributed by atoms with Gasteiger partial charge >= 0.3 is 12.0 Å². The van der Waals surface area contributed by atoms with Gasteiger partial charge in [-0.05, 0) is 45.9 Å². The van der Waals surface area contributed by atoms with Crippen LogP contribution in [0.4, 0.5) is 14.9 Å². The predicted octanol–water partition coefficient (Wildman–Crippen LogP) is 3.60. The summed E-state index contributed by atoms with van der Waals surface area (Å²) in [6, 6.07) is 3.47. The monoisotopic (exact) mass is 360 g/mol. The van der Waals surface area contributed by atoms with Gasteiger partial charge in [-0.2, -0.15) is 0 Å².